The number of fused-ring (bicyclic) bond motifs is 1. The van der Waals surface area contributed by atoms with Crippen molar-refractivity contribution in [3.63, 3.8) is 0 Å². The van der Waals surface area contributed by atoms with Crippen LogP contribution in [0.15, 0.2) is 29.1 Å². The maximum absolute atomic E-state index is 12.5. The van der Waals surface area contributed by atoms with Gasteiger partial charge in [-0.2, -0.15) is 0 Å². The van der Waals surface area contributed by atoms with E-state index in [-0.39, 0.29) is 11.3 Å². The fourth-order valence-corrected chi connectivity index (χ4v) is 2.65. The van der Waals surface area contributed by atoms with E-state index in [9.17, 15) is 19.5 Å². The van der Waals surface area contributed by atoms with Crippen LogP contribution >= 0.6 is 0 Å². The second kappa shape index (κ2) is 4.08. The lowest BCUT2D eigenvalue weighted by Crippen LogP contribution is -2.45. The topological polar surface area (TPSA) is 100 Å². The number of hydrogen-bond donors (Lipinski definition) is 3. The number of urea groups is 1. The summed E-state index contributed by atoms with van der Waals surface area (Å²) in [5.41, 5.74) is -1.74. The van der Waals surface area contributed by atoms with E-state index in [2.05, 4.69) is 10.6 Å². The molecule has 7 nitrogen and oxygen atoms in total. The molecule has 0 aliphatic carbocycles. The van der Waals surface area contributed by atoms with Crippen LogP contribution in [-0.2, 0) is 17.4 Å². The van der Waals surface area contributed by atoms with E-state index < -0.39 is 23.0 Å². The molecule has 21 heavy (non-hydrogen) atoms. The van der Waals surface area contributed by atoms with E-state index >= 15 is 0 Å². The fraction of sp³-hybridized carbons (Fsp3) is 0.214. The summed E-state index contributed by atoms with van der Waals surface area (Å²) >= 11 is 0. The van der Waals surface area contributed by atoms with Gasteiger partial charge >= 0.3 is 6.03 Å². The van der Waals surface area contributed by atoms with Crippen molar-refractivity contribution in [1.82, 2.24) is 15.2 Å². The summed E-state index contributed by atoms with van der Waals surface area (Å²) < 4.78 is 1.34. The van der Waals surface area contributed by atoms with Gasteiger partial charge in [-0.1, -0.05) is 12.1 Å². The van der Waals surface area contributed by atoms with Crippen LogP contribution in [0.25, 0.3) is 10.9 Å². The van der Waals surface area contributed by atoms with E-state index in [1.807, 2.05) is 0 Å². The van der Waals surface area contributed by atoms with Crippen molar-refractivity contribution in [3.05, 3.63) is 40.2 Å². The number of imide groups is 1. The lowest BCUT2D eigenvalue weighted by molar-refractivity contribution is -0.123. The fourth-order valence-electron chi connectivity index (χ4n) is 2.65. The highest BCUT2D eigenvalue weighted by Gasteiger charge is 2.47. The van der Waals surface area contributed by atoms with Gasteiger partial charge in [-0.15, -0.1) is 0 Å². The van der Waals surface area contributed by atoms with Crippen LogP contribution in [-0.4, -0.2) is 21.6 Å². The molecule has 1 saturated heterocycles. The number of pyridine rings is 1. The van der Waals surface area contributed by atoms with Gasteiger partial charge in [0.2, 0.25) is 0 Å². The molecule has 1 aliphatic rings. The van der Waals surface area contributed by atoms with Crippen LogP contribution in [0.2, 0.25) is 0 Å². The standard InChI is InChI=1S/C14H13N3O4/c1-14(12(20)15-13(21)16-14)9-10(18)7-5-3-4-6-8(7)17(2)11(9)19/h3-6,18H,1-2H3,(H2,15,16,20,21)/t14-/m1/s1. The van der Waals surface area contributed by atoms with E-state index in [4.69, 9.17) is 0 Å². The molecule has 108 valence electrons. The molecule has 0 bridgehead atoms. The van der Waals surface area contributed by atoms with Crippen LogP contribution in [0.5, 0.6) is 5.75 Å². The minimum absolute atomic E-state index is 0.146. The maximum Gasteiger partial charge on any atom is 0.322 e. The molecule has 0 spiro atoms. The van der Waals surface area contributed by atoms with Gasteiger partial charge in [-0.25, -0.2) is 4.79 Å². The number of amides is 3. The largest absolute Gasteiger partial charge is 0.507 e. The molecule has 3 N–H and O–H groups in total. The molecule has 3 rings (SSSR count). The van der Waals surface area contributed by atoms with Gasteiger partial charge in [-0.05, 0) is 19.1 Å². The van der Waals surface area contributed by atoms with Crippen LogP contribution in [0, 0.1) is 0 Å². The summed E-state index contributed by atoms with van der Waals surface area (Å²) in [6.07, 6.45) is 0. The molecule has 7 heteroatoms. The molecule has 0 saturated carbocycles. The lowest BCUT2D eigenvalue weighted by atomic mass is 9.91. The van der Waals surface area contributed by atoms with Crippen molar-refractivity contribution >= 4 is 22.8 Å². The number of carbonyl (C=O) groups is 2. The molecule has 1 aliphatic heterocycles. The molecule has 2 heterocycles. The quantitative estimate of drug-likeness (QED) is 0.657. The number of aryl methyl sites for hydroxylation is 1. The van der Waals surface area contributed by atoms with Crippen molar-refractivity contribution in [2.45, 2.75) is 12.5 Å². The summed E-state index contributed by atoms with van der Waals surface area (Å²) in [5, 5.41) is 15.4. The van der Waals surface area contributed by atoms with Gasteiger partial charge in [0.1, 0.15) is 5.75 Å². The Morgan fingerprint density at radius 3 is 2.48 bits per heavy atom. The molecule has 0 radical (unpaired) electrons. The highest BCUT2D eigenvalue weighted by atomic mass is 16.3. The Morgan fingerprint density at radius 2 is 1.86 bits per heavy atom. The zero-order valence-corrected chi connectivity index (χ0v) is 11.4. The molecule has 1 aromatic carbocycles. The summed E-state index contributed by atoms with van der Waals surface area (Å²) in [4.78, 5) is 35.9. The Morgan fingerprint density at radius 1 is 1.19 bits per heavy atom. The molecular formula is C14H13N3O4. The Balaban J connectivity index is 2.42. The number of carbonyl (C=O) groups excluding carboxylic acids is 2. The summed E-state index contributed by atoms with van der Waals surface area (Å²) in [6, 6.07) is 6.09. The minimum Gasteiger partial charge on any atom is -0.507 e. The van der Waals surface area contributed by atoms with E-state index in [0.29, 0.717) is 10.9 Å². The number of hydrogen-bond acceptors (Lipinski definition) is 4. The van der Waals surface area contributed by atoms with Crippen LogP contribution in [0.1, 0.15) is 12.5 Å². The number of para-hydroxylation sites is 1. The molecule has 1 fully saturated rings. The molecule has 3 amide bonds. The first-order valence-corrected chi connectivity index (χ1v) is 6.31. The Bertz CT molecular complexity index is 855. The smallest absolute Gasteiger partial charge is 0.322 e. The third-order valence-corrected chi connectivity index (χ3v) is 3.82. The summed E-state index contributed by atoms with van der Waals surface area (Å²) in [7, 11) is 1.55. The van der Waals surface area contributed by atoms with Gasteiger partial charge in [0, 0.05) is 12.4 Å². The van der Waals surface area contributed by atoms with Crippen molar-refractivity contribution in [2.75, 3.05) is 0 Å². The van der Waals surface area contributed by atoms with E-state index in [1.165, 1.54) is 11.5 Å². The normalized spacial score (nSPS) is 21.4. The van der Waals surface area contributed by atoms with Crippen LogP contribution in [0.4, 0.5) is 4.79 Å². The van der Waals surface area contributed by atoms with Crippen LogP contribution in [0.3, 0.4) is 0 Å². The number of nitrogens with zero attached hydrogens (tertiary/aromatic N) is 1. The SMILES string of the molecule is Cn1c(=O)c([C@@]2(C)NC(=O)NC2=O)c(O)c2ccccc21. The zero-order valence-electron chi connectivity index (χ0n) is 11.4. The second-order valence-corrected chi connectivity index (χ2v) is 5.14. The summed E-state index contributed by atoms with van der Waals surface area (Å²) in [6.45, 7) is 1.39. The Kier molecular flexibility index (Phi) is 2.56. The van der Waals surface area contributed by atoms with Gasteiger partial charge in [-0.3, -0.25) is 14.9 Å². The van der Waals surface area contributed by atoms with Crippen molar-refractivity contribution < 1.29 is 14.7 Å². The first-order chi connectivity index (χ1) is 9.86. The van der Waals surface area contributed by atoms with Crippen molar-refractivity contribution in [2.24, 2.45) is 7.05 Å². The molecular weight excluding hydrogens is 274 g/mol. The molecule has 1 aromatic heterocycles. The maximum atomic E-state index is 12.5. The van der Waals surface area contributed by atoms with E-state index in [0.717, 1.165) is 0 Å². The third kappa shape index (κ3) is 1.63. The zero-order chi connectivity index (χ0) is 15.4. The predicted octanol–water partition coefficient (Wildman–Crippen LogP) is 0.299. The average Bonchev–Trinajstić information content (AvgIpc) is 2.70. The summed E-state index contributed by atoms with van der Waals surface area (Å²) in [5.74, 6) is -0.969. The number of nitrogens with one attached hydrogen (secondary N) is 2. The Hall–Kier alpha value is -2.83. The molecule has 2 aromatic rings. The Labute approximate surface area is 119 Å². The molecule has 1 atom stereocenters. The van der Waals surface area contributed by atoms with Crippen molar-refractivity contribution in [1.29, 1.82) is 0 Å². The number of benzene rings is 1. The average molecular weight is 287 g/mol. The number of aromatic nitrogens is 1. The number of rotatable bonds is 1. The van der Waals surface area contributed by atoms with Gasteiger partial charge in [0.15, 0.2) is 5.54 Å². The van der Waals surface area contributed by atoms with E-state index in [1.54, 1.807) is 31.3 Å². The monoisotopic (exact) mass is 287 g/mol. The highest BCUT2D eigenvalue weighted by Crippen LogP contribution is 2.33. The predicted molar refractivity (Wildman–Crippen MR) is 74.9 cm³/mol. The van der Waals surface area contributed by atoms with Gasteiger partial charge < -0.3 is 15.0 Å². The molecule has 0 unspecified atom stereocenters. The van der Waals surface area contributed by atoms with Crippen molar-refractivity contribution in [3.8, 4) is 5.75 Å². The van der Waals surface area contributed by atoms with Gasteiger partial charge in [0.25, 0.3) is 11.5 Å². The van der Waals surface area contributed by atoms with Crippen LogP contribution < -0.4 is 16.2 Å². The lowest BCUT2D eigenvalue weighted by Gasteiger charge is -2.23. The third-order valence-electron chi connectivity index (χ3n) is 3.82. The van der Waals surface area contributed by atoms with Gasteiger partial charge in [0.05, 0.1) is 11.1 Å². The first-order valence-electron chi connectivity index (χ1n) is 6.31. The number of aromatic hydroxyl groups is 1. The first kappa shape index (κ1) is 13.2. The highest BCUT2D eigenvalue weighted by molar-refractivity contribution is 6.08. The minimum atomic E-state index is -1.60. The second-order valence-electron chi connectivity index (χ2n) is 5.14.